The number of carbonyl (C=O) groups excluding carboxylic acids is 1. The number of fused-ring (bicyclic) bond motifs is 1. The first-order valence-electron chi connectivity index (χ1n) is 8.76. The van der Waals surface area contributed by atoms with Crippen molar-refractivity contribution in [3.63, 3.8) is 0 Å². The topological polar surface area (TPSA) is 47.6 Å². The molecule has 0 spiro atoms. The molecule has 2 atom stereocenters. The predicted octanol–water partition coefficient (Wildman–Crippen LogP) is 4.83. The molecule has 0 fully saturated rings. The number of aryl methyl sites for hydroxylation is 1. The molecule has 0 radical (unpaired) electrons. The Morgan fingerprint density at radius 2 is 1.96 bits per heavy atom. The average molecular weight is 374 g/mol. The molecule has 1 amide bonds. The van der Waals surface area contributed by atoms with E-state index < -0.39 is 6.10 Å². The average Bonchev–Trinajstić information content (AvgIpc) is 2.57. The van der Waals surface area contributed by atoms with Crippen LogP contribution in [0.1, 0.15) is 44.4 Å². The van der Waals surface area contributed by atoms with E-state index in [1.54, 1.807) is 31.2 Å². The van der Waals surface area contributed by atoms with Crippen LogP contribution in [0.4, 0.5) is 0 Å². The van der Waals surface area contributed by atoms with Crippen molar-refractivity contribution in [2.45, 2.75) is 51.9 Å². The van der Waals surface area contributed by atoms with Crippen LogP contribution in [0.5, 0.6) is 11.5 Å². The van der Waals surface area contributed by atoms with E-state index in [0.717, 1.165) is 16.9 Å². The zero-order valence-electron chi connectivity index (χ0n) is 15.5. The Hall–Kier alpha value is -2.20. The van der Waals surface area contributed by atoms with E-state index in [1.165, 1.54) is 0 Å². The number of halogens is 1. The fraction of sp³-hybridized carbons (Fsp3) is 0.381. The molecule has 3 rings (SSSR count). The highest BCUT2D eigenvalue weighted by atomic mass is 35.5. The number of nitrogens with one attached hydrogen (secondary N) is 1. The number of hydrogen-bond acceptors (Lipinski definition) is 3. The number of ether oxygens (including phenoxy) is 2. The summed E-state index contributed by atoms with van der Waals surface area (Å²) < 4.78 is 11.8. The van der Waals surface area contributed by atoms with Crippen molar-refractivity contribution in [1.29, 1.82) is 0 Å². The lowest BCUT2D eigenvalue weighted by Crippen LogP contribution is -2.44. The lowest BCUT2D eigenvalue weighted by atomic mass is 9.89. The third kappa shape index (κ3) is 4.31. The second kappa shape index (κ2) is 7.20. The minimum atomic E-state index is -0.615. The van der Waals surface area contributed by atoms with Crippen LogP contribution in [0.3, 0.4) is 0 Å². The lowest BCUT2D eigenvalue weighted by Gasteiger charge is -2.38. The van der Waals surface area contributed by atoms with E-state index in [0.29, 0.717) is 17.2 Å². The molecule has 0 saturated heterocycles. The van der Waals surface area contributed by atoms with Crippen molar-refractivity contribution in [1.82, 2.24) is 5.32 Å². The van der Waals surface area contributed by atoms with Crippen molar-refractivity contribution in [3.8, 4) is 11.5 Å². The van der Waals surface area contributed by atoms with Crippen molar-refractivity contribution in [2.75, 3.05) is 0 Å². The minimum Gasteiger partial charge on any atom is -0.487 e. The largest absolute Gasteiger partial charge is 0.487 e. The third-order valence-electron chi connectivity index (χ3n) is 4.43. The molecule has 2 aromatic rings. The molecule has 1 aliphatic rings. The summed E-state index contributed by atoms with van der Waals surface area (Å²) in [5, 5.41) is 3.75. The Bertz CT molecular complexity index is 801. The summed E-state index contributed by atoms with van der Waals surface area (Å²) in [5.41, 5.74) is 1.80. The number of amides is 1. The van der Waals surface area contributed by atoms with Gasteiger partial charge in [-0.25, -0.2) is 0 Å². The zero-order chi connectivity index (χ0) is 18.9. The molecular weight excluding hydrogens is 350 g/mol. The van der Waals surface area contributed by atoms with Gasteiger partial charge in [-0.3, -0.25) is 4.79 Å². The molecule has 0 unspecified atom stereocenters. The van der Waals surface area contributed by atoms with Gasteiger partial charge in [0.1, 0.15) is 17.1 Å². The fourth-order valence-electron chi connectivity index (χ4n) is 3.16. The van der Waals surface area contributed by atoms with Gasteiger partial charge in [-0.15, -0.1) is 0 Å². The summed E-state index contributed by atoms with van der Waals surface area (Å²) in [6.07, 6.45) is 0.0819. The van der Waals surface area contributed by atoms with E-state index in [4.69, 9.17) is 21.1 Å². The number of carbonyl (C=O) groups is 1. The molecule has 1 N–H and O–H groups in total. The van der Waals surface area contributed by atoms with Crippen LogP contribution in [-0.4, -0.2) is 17.6 Å². The Morgan fingerprint density at radius 1 is 1.27 bits per heavy atom. The maximum atomic E-state index is 12.7. The smallest absolute Gasteiger partial charge is 0.261 e. The third-order valence-corrected chi connectivity index (χ3v) is 4.69. The molecule has 26 heavy (non-hydrogen) atoms. The number of benzene rings is 2. The molecule has 5 heteroatoms. The summed E-state index contributed by atoms with van der Waals surface area (Å²) >= 11 is 5.88. The van der Waals surface area contributed by atoms with Gasteiger partial charge < -0.3 is 14.8 Å². The molecule has 138 valence electrons. The molecule has 0 bridgehead atoms. The first-order chi connectivity index (χ1) is 12.2. The highest BCUT2D eigenvalue weighted by molar-refractivity contribution is 6.30. The molecular formula is C21H24ClNO3. The summed E-state index contributed by atoms with van der Waals surface area (Å²) in [7, 11) is 0. The maximum absolute atomic E-state index is 12.7. The second-order valence-electron chi connectivity index (χ2n) is 7.38. The quantitative estimate of drug-likeness (QED) is 0.834. The van der Waals surface area contributed by atoms with E-state index in [1.807, 2.05) is 32.9 Å². The second-order valence-corrected chi connectivity index (χ2v) is 7.82. The molecule has 0 aliphatic carbocycles. The Balaban J connectivity index is 1.74. The van der Waals surface area contributed by atoms with Gasteiger partial charge in [0.25, 0.3) is 5.91 Å². The monoisotopic (exact) mass is 373 g/mol. The van der Waals surface area contributed by atoms with Crippen LogP contribution in [0.2, 0.25) is 5.02 Å². The van der Waals surface area contributed by atoms with E-state index in [2.05, 4.69) is 11.4 Å². The standard InChI is InChI=1S/C21H24ClNO3/c1-13-5-10-19-17(11-13)18(12-21(3,4)26-19)23-20(24)14(2)25-16-8-6-15(22)7-9-16/h5-11,14,18H,12H2,1-4H3,(H,23,24)/t14-,18-/m0/s1. The minimum absolute atomic E-state index is 0.114. The van der Waals surface area contributed by atoms with Crippen LogP contribution in [0.15, 0.2) is 42.5 Å². The van der Waals surface area contributed by atoms with Crippen LogP contribution in [0.25, 0.3) is 0 Å². The van der Waals surface area contributed by atoms with Crippen LogP contribution >= 0.6 is 11.6 Å². The zero-order valence-corrected chi connectivity index (χ0v) is 16.3. The van der Waals surface area contributed by atoms with E-state index in [-0.39, 0.29) is 17.6 Å². The summed E-state index contributed by atoms with van der Waals surface area (Å²) in [6, 6.07) is 12.9. The molecule has 2 aromatic carbocycles. The van der Waals surface area contributed by atoms with Crippen molar-refractivity contribution in [3.05, 3.63) is 58.6 Å². The Kier molecular flexibility index (Phi) is 5.15. The van der Waals surface area contributed by atoms with Gasteiger partial charge in [0.2, 0.25) is 0 Å². The molecule has 0 aromatic heterocycles. The number of hydrogen-bond donors (Lipinski definition) is 1. The van der Waals surface area contributed by atoms with Crippen LogP contribution in [-0.2, 0) is 4.79 Å². The highest BCUT2D eigenvalue weighted by Gasteiger charge is 2.35. The fourth-order valence-corrected chi connectivity index (χ4v) is 3.29. The molecule has 1 aliphatic heterocycles. The normalized spacial score (nSPS) is 19.0. The van der Waals surface area contributed by atoms with Gasteiger partial charge in [-0.1, -0.05) is 29.3 Å². The van der Waals surface area contributed by atoms with Crippen LogP contribution in [0, 0.1) is 6.92 Å². The van der Waals surface area contributed by atoms with Crippen molar-refractivity contribution >= 4 is 17.5 Å². The van der Waals surface area contributed by atoms with Crippen molar-refractivity contribution < 1.29 is 14.3 Å². The Morgan fingerprint density at radius 3 is 2.65 bits per heavy atom. The summed E-state index contributed by atoms with van der Waals surface area (Å²) in [5.74, 6) is 1.28. The van der Waals surface area contributed by atoms with Gasteiger partial charge >= 0.3 is 0 Å². The maximum Gasteiger partial charge on any atom is 0.261 e. The van der Waals surface area contributed by atoms with Gasteiger partial charge in [0.15, 0.2) is 6.10 Å². The highest BCUT2D eigenvalue weighted by Crippen LogP contribution is 2.39. The Labute approximate surface area is 159 Å². The van der Waals surface area contributed by atoms with Gasteiger partial charge in [0.05, 0.1) is 6.04 Å². The van der Waals surface area contributed by atoms with Crippen molar-refractivity contribution in [2.24, 2.45) is 0 Å². The molecule has 1 heterocycles. The van der Waals surface area contributed by atoms with Crippen LogP contribution < -0.4 is 14.8 Å². The summed E-state index contributed by atoms with van der Waals surface area (Å²) in [4.78, 5) is 12.7. The summed E-state index contributed by atoms with van der Waals surface area (Å²) in [6.45, 7) is 7.84. The van der Waals surface area contributed by atoms with E-state index in [9.17, 15) is 4.79 Å². The van der Waals surface area contributed by atoms with Gasteiger partial charge in [-0.05, 0) is 58.0 Å². The van der Waals surface area contributed by atoms with Gasteiger partial charge in [0, 0.05) is 17.0 Å². The van der Waals surface area contributed by atoms with Gasteiger partial charge in [-0.2, -0.15) is 0 Å². The first-order valence-corrected chi connectivity index (χ1v) is 9.13. The first kappa shape index (κ1) is 18.6. The lowest BCUT2D eigenvalue weighted by molar-refractivity contribution is -0.128. The molecule has 0 saturated carbocycles. The van der Waals surface area contributed by atoms with E-state index >= 15 is 0 Å². The SMILES string of the molecule is Cc1ccc2c(c1)[C@@H](NC(=O)[C@H](C)Oc1ccc(Cl)cc1)CC(C)(C)O2. The predicted molar refractivity (Wildman–Crippen MR) is 103 cm³/mol. The number of rotatable bonds is 4. The molecule has 4 nitrogen and oxygen atoms in total.